The van der Waals surface area contributed by atoms with Crippen molar-refractivity contribution in [2.24, 2.45) is 0 Å². The lowest BCUT2D eigenvalue weighted by atomic mass is 9.93. The second kappa shape index (κ2) is 8.49. The molecule has 4 amide bonds. The predicted octanol–water partition coefficient (Wildman–Crippen LogP) is 0.302. The van der Waals surface area contributed by atoms with Crippen LogP contribution in [0.2, 0.25) is 0 Å². The van der Waals surface area contributed by atoms with E-state index in [9.17, 15) is 19.2 Å². The minimum atomic E-state index is -1.13. The Labute approximate surface area is 191 Å². The highest BCUT2D eigenvalue weighted by Gasteiger charge is 2.45. The number of benzene rings is 1. The molecule has 5 rings (SSSR count). The van der Waals surface area contributed by atoms with E-state index in [1.807, 2.05) is 6.07 Å². The topological polar surface area (TPSA) is 102 Å². The van der Waals surface area contributed by atoms with Crippen molar-refractivity contribution in [2.75, 3.05) is 50.7 Å². The summed E-state index contributed by atoms with van der Waals surface area (Å²) in [5.74, 6) is -2.02. The van der Waals surface area contributed by atoms with E-state index in [0.717, 1.165) is 23.7 Å². The summed E-state index contributed by atoms with van der Waals surface area (Å²) in [4.78, 5) is 54.8. The number of carbonyl (C=O) groups is 4. The van der Waals surface area contributed by atoms with Crippen LogP contribution in [0.15, 0.2) is 18.2 Å². The summed E-state index contributed by atoms with van der Waals surface area (Å²) in [5, 5.41) is 5.41. The summed E-state index contributed by atoms with van der Waals surface area (Å²) in [6.07, 6.45) is 1.31. The van der Waals surface area contributed by atoms with Crippen molar-refractivity contribution in [2.45, 2.75) is 37.4 Å². The van der Waals surface area contributed by atoms with Gasteiger partial charge in [-0.3, -0.25) is 34.3 Å². The van der Waals surface area contributed by atoms with E-state index in [1.54, 1.807) is 12.1 Å². The fourth-order valence-corrected chi connectivity index (χ4v) is 5.25. The van der Waals surface area contributed by atoms with Crippen LogP contribution in [-0.4, -0.2) is 91.0 Å². The molecule has 9 nitrogen and oxygen atoms in total. The maximum Gasteiger partial charge on any atom is 0.262 e. The highest BCUT2D eigenvalue weighted by atomic mass is 19.1. The third kappa shape index (κ3) is 4.13. The molecule has 1 aromatic carbocycles. The molecule has 0 bridgehead atoms. The van der Waals surface area contributed by atoms with Crippen molar-refractivity contribution >= 4 is 29.3 Å². The largest absolute Gasteiger partial charge is 0.369 e. The molecular formula is C23H28FN5O4. The molecule has 1 aromatic rings. The van der Waals surface area contributed by atoms with Gasteiger partial charge in [0.2, 0.25) is 11.8 Å². The molecule has 4 heterocycles. The highest BCUT2D eigenvalue weighted by Crippen LogP contribution is 2.31. The van der Waals surface area contributed by atoms with Crippen molar-refractivity contribution in [3.05, 3.63) is 29.3 Å². The molecule has 0 radical (unpaired) electrons. The third-order valence-corrected chi connectivity index (χ3v) is 7.17. The first-order valence-electron chi connectivity index (χ1n) is 11.6. The van der Waals surface area contributed by atoms with E-state index in [1.165, 1.54) is 0 Å². The lowest BCUT2D eigenvalue weighted by molar-refractivity contribution is -0.136. The van der Waals surface area contributed by atoms with Crippen LogP contribution in [0.1, 0.15) is 46.4 Å². The molecule has 1 atom stereocenters. The Morgan fingerprint density at radius 1 is 0.970 bits per heavy atom. The van der Waals surface area contributed by atoms with Gasteiger partial charge in [-0.15, -0.1) is 0 Å². The minimum absolute atomic E-state index is 0.0933. The number of piperazine rings is 1. The molecule has 3 saturated heterocycles. The van der Waals surface area contributed by atoms with E-state index in [4.69, 9.17) is 0 Å². The summed E-state index contributed by atoms with van der Waals surface area (Å²) >= 11 is 0. The quantitative estimate of drug-likeness (QED) is 0.627. The standard InChI is InChI=1S/C23H28FN5O4/c24-23(5-7-25-8-6-23)14-27-9-11-28(12-10-27)15-1-2-16-17(13-15)22(33)29(21(16)32)18-3-4-19(30)26-20(18)31/h1-2,13,18,25H,3-12,14H2,(H,26,30,31). The van der Waals surface area contributed by atoms with E-state index in [-0.39, 0.29) is 24.0 Å². The maximum atomic E-state index is 15.0. The minimum Gasteiger partial charge on any atom is -0.369 e. The molecule has 2 N–H and O–H groups in total. The number of nitrogens with one attached hydrogen (secondary N) is 2. The van der Waals surface area contributed by atoms with Crippen molar-refractivity contribution in [3.8, 4) is 0 Å². The van der Waals surface area contributed by atoms with Crippen LogP contribution in [-0.2, 0) is 9.59 Å². The Morgan fingerprint density at radius 3 is 2.36 bits per heavy atom. The molecule has 176 valence electrons. The lowest BCUT2D eigenvalue weighted by Gasteiger charge is -2.40. The summed E-state index contributed by atoms with van der Waals surface area (Å²) in [7, 11) is 0. The zero-order chi connectivity index (χ0) is 23.2. The van der Waals surface area contributed by atoms with Gasteiger partial charge in [-0.1, -0.05) is 0 Å². The second-order valence-electron chi connectivity index (χ2n) is 9.34. The van der Waals surface area contributed by atoms with E-state index >= 15 is 4.39 Å². The summed E-state index contributed by atoms with van der Waals surface area (Å²) in [6, 6.07) is 4.19. The molecule has 4 aliphatic heterocycles. The molecule has 4 aliphatic rings. The number of halogens is 1. The monoisotopic (exact) mass is 457 g/mol. The zero-order valence-electron chi connectivity index (χ0n) is 18.4. The van der Waals surface area contributed by atoms with Crippen molar-refractivity contribution in [1.29, 1.82) is 0 Å². The summed E-state index contributed by atoms with van der Waals surface area (Å²) < 4.78 is 15.0. The van der Waals surface area contributed by atoms with Crippen LogP contribution in [0.4, 0.5) is 10.1 Å². The number of hydrogen-bond acceptors (Lipinski definition) is 7. The summed E-state index contributed by atoms with van der Waals surface area (Å²) in [5.41, 5.74) is 0.253. The number of fused-ring (bicyclic) bond motifs is 1. The number of carbonyl (C=O) groups excluding carboxylic acids is 4. The number of rotatable bonds is 4. The van der Waals surface area contributed by atoms with Gasteiger partial charge < -0.3 is 10.2 Å². The van der Waals surface area contributed by atoms with Gasteiger partial charge in [-0.05, 0) is 50.6 Å². The second-order valence-corrected chi connectivity index (χ2v) is 9.34. The average molecular weight is 458 g/mol. The lowest BCUT2D eigenvalue weighted by Crippen LogP contribution is -2.54. The average Bonchev–Trinajstić information content (AvgIpc) is 3.04. The first kappa shape index (κ1) is 22.0. The van der Waals surface area contributed by atoms with E-state index in [0.29, 0.717) is 45.6 Å². The van der Waals surface area contributed by atoms with Crippen molar-refractivity contribution in [3.63, 3.8) is 0 Å². The first-order chi connectivity index (χ1) is 15.8. The smallest absolute Gasteiger partial charge is 0.262 e. The number of piperidine rings is 2. The number of hydrogen-bond donors (Lipinski definition) is 2. The van der Waals surface area contributed by atoms with Gasteiger partial charge in [-0.2, -0.15) is 0 Å². The predicted molar refractivity (Wildman–Crippen MR) is 118 cm³/mol. The molecular weight excluding hydrogens is 429 g/mol. The zero-order valence-corrected chi connectivity index (χ0v) is 18.4. The van der Waals surface area contributed by atoms with Gasteiger partial charge in [0.15, 0.2) is 0 Å². The Hall–Kier alpha value is -2.85. The fraction of sp³-hybridized carbons (Fsp3) is 0.565. The number of amides is 4. The van der Waals surface area contributed by atoms with Crippen LogP contribution < -0.4 is 15.5 Å². The van der Waals surface area contributed by atoms with Crippen molar-refractivity contribution < 1.29 is 23.6 Å². The Kier molecular flexibility index (Phi) is 5.65. The molecule has 3 fully saturated rings. The highest BCUT2D eigenvalue weighted by molar-refractivity contribution is 6.23. The van der Waals surface area contributed by atoms with E-state index in [2.05, 4.69) is 20.4 Å². The van der Waals surface area contributed by atoms with Gasteiger partial charge in [0.05, 0.1) is 11.1 Å². The van der Waals surface area contributed by atoms with Crippen LogP contribution in [0, 0.1) is 0 Å². The van der Waals surface area contributed by atoms with Crippen molar-refractivity contribution in [1.82, 2.24) is 20.4 Å². The van der Waals surface area contributed by atoms with Gasteiger partial charge in [0.25, 0.3) is 11.8 Å². The van der Waals surface area contributed by atoms with Crippen LogP contribution in [0.5, 0.6) is 0 Å². The molecule has 0 aliphatic carbocycles. The molecule has 0 aromatic heterocycles. The SMILES string of the molecule is O=C1CCC(N2C(=O)c3ccc(N4CCN(CC5(F)CCNCC5)CC4)cc3C2=O)C(=O)N1. The normalized spacial score (nSPS) is 25.9. The van der Waals surface area contributed by atoms with Gasteiger partial charge in [-0.25, -0.2) is 4.39 Å². The van der Waals surface area contributed by atoms with Crippen LogP contribution in [0.25, 0.3) is 0 Å². The number of imide groups is 2. The number of alkyl halides is 1. The molecule has 1 unspecified atom stereocenters. The van der Waals surface area contributed by atoms with Gasteiger partial charge in [0.1, 0.15) is 11.7 Å². The molecule has 0 spiro atoms. The third-order valence-electron chi connectivity index (χ3n) is 7.17. The maximum absolute atomic E-state index is 15.0. The van der Waals surface area contributed by atoms with Gasteiger partial charge in [0, 0.05) is 44.8 Å². The Morgan fingerprint density at radius 2 is 1.67 bits per heavy atom. The number of anilines is 1. The van der Waals surface area contributed by atoms with Crippen LogP contribution >= 0.6 is 0 Å². The number of nitrogens with zero attached hydrogens (tertiary/aromatic N) is 3. The first-order valence-corrected chi connectivity index (χ1v) is 11.6. The molecule has 10 heteroatoms. The molecule has 0 saturated carbocycles. The summed E-state index contributed by atoms with van der Waals surface area (Å²) in [6.45, 7) is 4.73. The molecule has 33 heavy (non-hydrogen) atoms. The fourth-order valence-electron chi connectivity index (χ4n) is 5.25. The van der Waals surface area contributed by atoms with Crippen LogP contribution in [0.3, 0.4) is 0 Å². The van der Waals surface area contributed by atoms with E-state index < -0.39 is 35.3 Å². The van der Waals surface area contributed by atoms with Gasteiger partial charge >= 0.3 is 0 Å². The Balaban J connectivity index is 1.25. The Bertz CT molecular complexity index is 1000.